The minimum atomic E-state index is -1.02. The van der Waals surface area contributed by atoms with Gasteiger partial charge in [0.1, 0.15) is 6.54 Å². The van der Waals surface area contributed by atoms with Crippen LogP contribution in [0, 0.1) is 0 Å². The van der Waals surface area contributed by atoms with Crippen molar-refractivity contribution in [1.29, 1.82) is 0 Å². The van der Waals surface area contributed by atoms with Crippen LogP contribution in [0.15, 0.2) is 23.2 Å². The molecule has 6 nitrogen and oxygen atoms in total. The Morgan fingerprint density at radius 1 is 1.39 bits per heavy atom. The molecule has 7 heteroatoms. The quantitative estimate of drug-likeness (QED) is 0.333. The minimum absolute atomic E-state index is 0.0830. The van der Waals surface area contributed by atoms with Gasteiger partial charge < -0.3 is 20.2 Å². The first kappa shape index (κ1) is 19.2. The maximum atomic E-state index is 11.1. The Labute approximate surface area is 138 Å². The lowest BCUT2D eigenvalue weighted by Crippen LogP contribution is -2.49. The fourth-order valence-corrected chi connectivity index (χ4v) is 1.48. The van der Waals surface area contributed by atoms with E-state index >= 15 is 0 Å². The van der Waals surface area contributed by atoms with Crippen LogP contribution < -0.4 is 11.2 Å². The number of anilines is 1. The number of aliphatic hydroxyl groups is 1. The molecule has 0 bridgehead atoms. The first-order valence-corrected chi connectivity index (χ1v) is 7.27. The zero-order valence-corrected chi connectivity index (χ0v) is 14.3. The van der Waals surface area contributed by atoms with Crippen LogP contribution in [-0.2, 0) is 14.2 Å². The van der Waals surface area contributed by atoms with E-state index < -0.39 is 17.2 Å². The first-order chi connectivity index (χ1) is 10.6. The summed E-state index contributed by atoms with van der Waals surface area (Å²) in [6.07, 6.45) is 1.51. The predicted molar refractivity (Wildman–Crippen MR) is 92.2 cm³/mol. The summed E-state index contributed by atoms with van der Waals surface area (Å²) in [5.74, 6) is -0.430. The fraction of sp³-hybridized carbons (Fsp3) is 0.500. The number of nitrogens with zero attached hydrogens (tertiary/aromatic N) is 1. The Hall–Kier alpha value is -1.86. The van der Waals surface area contributed by atoms with Gasteiger partial charge in [0.15, 0.2) is 0 Å². The average Bonchev–Trinajstić information content (AvgIpc) is 2.45. The lowest BCUT2D eigenvalue weighted by molar-refractivity contribution is -0.138. The summed E-state index contributed by atoms with van der Waals surface area (Å²) in [6, 6.07) is 5.34. The van der Waals surface area contributed by atoms with Crippen LogP contribution in [0.25, 0.3) is 0 Å². The number of carbonyl (C=O) groups is 1. The van der Waals surface area contributed by atoms with Crippen molar-refractivity contribution in [2.24, 2.45) is 4.99 Å². The van der Waals surface area contributed by atoms with Crippen molar-refractivity contribution >= 4 is 30.8 Å². The highest BCUT2D eigenvalue weighted by Crippen LogP contribution is 2.24. The van der Waals surface area contributed by atoms with Crippen molar-refractivity contribution in [3.8, 4) is 0 Å². The topological polar surface area (TPSA) is 94.1 Å². The van der Waals surface area contributed by atoms with E-state index in [2.05, 4.69) is 9.73 Å². The summed E-state index contributed by atoms with van der Waals surface area (Å²) >= 11 is 0. The third kappa shape index (κ3) is 5.37. The number of benzene rings is 1. The number of hydrogen-bond donors (Lipinski definition) is 2. The molecule has 0 amide bonds. The van der Waals surface area contributed by atoms with E-state index in [4.69, 9.17) is 10.4 Å². The molecular formula is C16H24BN2O4. The zero-order chi connectivity index (χ0) is 17.7. The van der Waals surface area contributed by atoms with E-state index in [0.717, 1.165) is 0 Å². The monoisotopic (exact) mass is 319 g/mol. The van der Waals surface area contributed by atoms with Gasteiger partial charge in [-0.2, -0.15) is 0 Å². The molecule has 1 aromatic carbocycles. The third-order valence-electron chi connectivity index (χ3n) is 3.80. The van der Waals surface area contributed by atoms with E-state index in [0.29, 0.717) is 16.7 Å². The second-order valence-electron chi connectivity index (χ2n) is 6.20. The standard InChI is InChI=1S/C16H24BN2O4/c1-15(2,21)16(3,4)23-17-12-7-6-8-13(18)11(12)9-19-10-14(20)22-5/h6-9,21H,10,18H2,1-5H3. The molecule has 0 spiro atoms. The second kappa shape index (κ2) is 7.61. The lowest BCUT2D eigenvalue weighted by atomic mass is 9.80. The molecule has 125 valence electrons. The molecule has 1 aromatic rings. The van der Waals surface area contributed by atoms with Gasteiger partial charge in [0, 0.05) is 17.5 Å². The Morgan fingerprint density at radius 2 is 2.04 bits per heavy atom. The molecule has 0 saturated heterocycles. The van der Waals surface area contributed by atoms with E-state index in [9.17, 15) is 9.90 Å². The van der Waals surface area contributed by atoms with Gasteiger partial charge in [0.2, 0.25) is 0 Å². The van der Waals surface area contributed by atoms with Gasteiger partial charge >= 0.3 is 13.5 Å². The Morgan fingerprint density at radius 3 is 2.61 bits per heavy atom. The number of nitrogens with two attached hydrogens (primary N) is 1. The molecule has 0 unspecified atom stereocenters. The number of hydrogen-bond acceptors (Lipinski definition) is 6. The number of carbonyl (C=O) groups excluding carboxylic acids is 1. The largest absolute Gasteiger partial charge is 0.468 e. The Bertz CT molecular complexity index is 580. The number of ether oxygens (including phenoxy) is 1. The van der Waals surface area contributed by atoms with Crippen LogP contribution in [0.2, 0.25) is 0 Å². The summed E-state index contributed by atoms with van der Waals surface area (Å²) in [5.41, 5.74) is 6.00. The van der Waals surface area contributed by atoms with Crippen LogP contribution >= 0.6 is 0 Å². The molecule has 0 aromatic heterocycles. The van der Waals surface area contributed by atoms with Crippen molar-refractivity contribution in [1.82, 2.24) is 0 Å². The van der Waals surface area contributed by atoms with Crippen LogP contribution in [0.4, 0.5) is 5.69 Å². The highest BCUT2D eigenvalue weighted by atomic mass is 16.5. The maximum absolute atomic E-state index is 11.1. The van der Waals surface area contributed by atoms with Gasteiger partial charge in [0.25, 0.3) is 0 Å². The SMILES string of the molecule is COC(=O)CN=Cc1c(N)cccc1[B]OC(C)(C)C(C)(C)O. The fourth-order valence-electron chi connectivity index (χ4n) is 1.48. The summed E-state index contributed by atoms with van der Waals surface area (Å²) in [6.45, 7) is 6.86. The summed E-state index contributed by atoms with van der Waals surface area (Å²) < 4.78 is 10.3. The molecule has 1 rings (SSSR count). The molecule has 0 aliphatic rings. The molecule has 0 aliphatic carbocycles. The number of esters is 1. The molecule has 0 saturated carbocycles. The predicted octanol–water partition coefficient (Wildman–Crippen LogP) is 0.671. The molecule has 0 heterocycles. The third-order valence-corrected chi connectivity index (χ3v) is 3.80. The summed E-state index contributed by atoms with van der Waals surface area (Å²) in [4.78, 5) is 15.1. The highest BCUT2D eigenvalue weighted by molar-refractivity contribution is 6.49. The molecule has 0 atom stereocenters. The van der Waals surface area contributed by atoms with Gasteiger partial charge in [-0.15, -0.1) is 0 Å². The van der Waals surface area contributed by atoms with Crippen LogP contribution in [0.3, 0.4) is 0 Å². The van der Waals surface area contributed by atoms with Gasteiger partial charge in [0.05, 0.1) is 18.3 Å². The lowest BCUT2D eigenvalue weighted by Gasteiger charge is -2.37. The molecule has 1 radical (unpaired) electrons. The van der Waals surface area contributed by atoms with Crippen LogP contribution in [0.1, 0.15) is 33.3 Å². The highest BCUT2D eigenvalue weighted by Gasteiger charge is 2.35. The minimum Gasteiger partial charge on any atom is -0.468 e. The van der Waals surface area contributed by atoms with Gasteiger partial charge in [-0.1, -0.05) is 12.1 Å². The second-order valence-corrected chi connectivity index (χ2v) is 6.20. The Kier molecular flexibility index (Phi) is 6.35. The van der Waals surface area contributed by atoms with Gasteiger partial charge in [-0.05, 0) is 39.2 Å². The van der Waals surface area contributed by atoms with Crippen molar-refractivity contribution in [2.45, 2.75) is 38.9 Å². The number of methoxy groups -OCH3 is 1. The molecule has 0 aliphatic heterocycles. The van der Waals surface area contributed by atoms with Gasteiger partial charge in [-0.25, -0.2) is 0 Å². The van der Waals surface area contributed by atoms with Crippen molar-refractivity contribution in [3.05, 3.63) is 23.8 Å². The molecular weight excluding hydrogens is 295 g/mol. The van der Waals surface area contributed by atoms with Crippen molar-refractivity contribution in [2.75, 3.05) is 19.4 Å². The average molecular weight is 319 g/mol. The molecule has 3 N–H and O–H groups in total. The van der Waals surface area contributed by atoms with E-state index in [1.54, 1.807) is 39.8 Å². The molecule has 23 heavy (non-hydrogen) atoms. The summed E-state index contributed by atoms with van der Waals surface area (Å²) in [7, 11) is 2.84. The van der Waals surface area contributed by atoms with E-state index in [1.165, 1.54) is 20.8 Å². The van der Waals surface area contributed by atoms with E-state index in [-0.39, 0.29) is 6.54 Å². The first-order valence-electron chi connectivity index (χ1n) is 7.27. The van der Waals surface area contributed by atoms with Crippen LogP contribution in [-0.4, -0.2) is 49.6 Å². The summed E-state index contributed by atoms with van der Waals surface area (Å²) in [5, 5.41) is 10.1. The molecule has 0 fully saturated rings. The van der Waals surface area contributed by atoms with E-state index in [1.807, 2.05) is 6.07 Å². The number of rotatable bonds is 7. The smallest absolute Gasteiger partial charge is 0.331 e. The maximum Gasteiger partial charge on any atom is 0.331 e. The van der Waals surface area contributed by atoms with Crippen molar-refractivity contribution < 1.29 is 19.3 Å². The Balaban J connectivity index is 2.92. The van der Waals surface area contributed by atoms with Crippen LogP contribution in [0.5, 0.6) is 0 Å². The number of nitrogen functional groups attached to an aromatic ring is 1. The van der Waals surface area contributed by atoms with Crippen molar-refractivity contribution in [3.63, 3.8) is 0 Å². The zero-order valence-electron chi connectivity index (χ0n) is 14.3. The number of aliphatic imine (C=N–C) groups is 1. The van der Waals surface area contributed by atoms with Gasteiger partial charge in [-0.3, -0.25) is 9.79 Å². The normalized spacial score (nSPS) is 12.4.